The van der Waals surface area contributed by atoms with Crippen LogP contribution in [0.25, 0.3) is 11.3 Å². The fourth-order valence-corrected chi connectivity index (χ4v) is 2.44. The normalized spacial score (nSPS) is 10.4. The minimum atomic E-state index is 0.591. The van der Waals surface area contributed by atoms with Gasteiger partial charge in [-0.3, -0.25) is 4.98 Å². The van der Waals surface area contributed by atoms with Crippen molar-refractivity contribution >= 4 is 11.8 Å². The Hall–Kier alpha value is -2.95. The Morgan fingerprint density at radius 2 is 1.76 bits per heavy atom. The van der Waals surface area contributed by atoms with Gasteiger partial charge in [-0.2, -0.15) is 4.98 Å². The number of rotatable bonds is 8. The number of hydrogen-bond donors (Lipinski definition) is 2. The minimum Gasteiger partial charge on any atom is -0.370 e. The summed E-state index contributed by atoms with van der Waals surface area (Å²) in [5.74, 6) is 1.44. The van der Waals surface area contributed by atoms with Gasteiger partial charge in [-0.05, 0) is 18.6 Å². The van der Waals surface area contributed by atoms with Crippen molar-refractivity contribution in [1.82, 2.24) is 15.0 Å². The highest BCUT2D eigenvalue weighted by Crippen LogP contribution is 2.21. The van der Waals surface area contributed by atoms with Gasteiger partial charge in [0.2, 0.25) is 5.95 Å². The summed E-state index contributed by atoms with van der Waals surface area (Å²) in [6.45, 7) is 3.67. The molecule has 0 bridgehead atoms. The molecule has 0 amide bonds. The second kappa shape index (κ2) is 8.78. The van der Waals surface area contributed by atoms with Crippen molar-refractivity contribution in [3.63, 3.8) is 0 Å². The molecule has 0 radical (unpaired) electrons. The summed E-state index contributed by atoms with van der Waals surface area (Å²) in [4.78, 5) is 13.6. The van der Waals surface area contributed by atoms with Gasteiger partial charge in [0, 0.05) is 24.4 Å². The number of unbranched alkanes of at least 4 members (excludes halogenated alkanes) is 1. The van der Waals surface area contributed by atoms with Crippen LogP contribution in [0.5, 0.6) is 0 Å². The van der Waals surface area contributed by atoms with Crippen LogP contribution in [0.15, 0.2) is 60.8 Å². The van der Waals surface area contributed by atoms with Crippen LogP contribution in [0, 0.1) is 0 Å². The van der Waals surface area contributed by atoms with Crippen molar-refractivity contribution in [3.05, 3.63) is 66.5 Å². The molecule has 0 unspecified atom stereocenters. The van der Waals surface area contributed by atoms with E-state index in [4.69, 9.17) is 0 Å². The van der Waals surface area contributed by atoms with E-state index in [0.29, 0.717) is 12.5 Å². The predicted molar refractivity (Wildman–Crippen MR) is 102 cm³/mol. The summed E-state index contributed by atoms with van der Waals surface area (Å²) in [7, 11) is 0. The molecular formula is C20H23N5. The Labute approximate surface area is 148 Å². The number of nitrogens with one attached hydrogen (secondary N) is 2. The first-order chi connectivity index (χ1) is 12.3. The Kier molecular flexibility index (Phi) is 5.93. The second-order valence-corrected chi connectivity index (χ2v) is 5.78. The van der Waals surface area contributed by atoms with Gasteiger partial charge in [-0.1, -0.05) is 49.7 Å². The van der Waals surface area contributed by atoms with Crippen LogP contribution < -0.4 is 10.6 Å². The fourth-order valence-electron chi connectivity index (χ4n) is 2.44. The zero-order chi connectivity index (χ0) is 17.3. The van der Waals surface area contributed by atoms with E-state index >= 15 is 0 Å². The van der Waals surface area contributed by atoms with Gasteiger partial charge >= 0.3 is 0 Å². The van der Waals surface area contributed by atoms with E-state index in [1.807, 2.05) is 42.5 Å². The quantitative estimate of drug-likeness (QED) is 0.600. The molecule has 0 saturated carbocycles. The summed E-state index contributed by atoms with van der Waals surface area (Å²) in [6.07, 6.45) is 4.05. The molecule has 5 heteroatoms. The smallest absolute Gasteiger partial charge is 0.225 e. The average Bonchev–Trinajstić information content (AvgIpc) is 2.68. The van der Waals surface area contributed by atoms with Crippen LogP contribution in [0.3, 0.4) is 0 Å². The summed E-state index contributed by atoms with van der Waals surface area (Å²) >= 11 is 0. The van der Waals surface area contributed by atoms with E-state index in [1.54, 1.807) is 6.20 Å². The molecule has 2 aromatic heterocycles. The molecule has 0 aliphatic rings. The van der Waals surface area contributed by atoms with Gasteiger partial charge in [-0.25, -0.2) is 4.98 Å². The maximum Gasteiger partial charge on any atom is 0.225 e. The van der Waals surface area contributed by atoms with Gasteiger partial charge < -0.3 is 10.6 Å². The van der Waals surface area contributed by atoms with Crippen molar-refractivity contribution in [1.29, 1.82) is 0 Å². The first-order valence-corrected chi connectivity index (χ1v) is 8.67. The van der Waals surface area contributed by atoms with E-state index in [9.17, 15) is 0 Å². The lowest BCUT2D eigenvalue weighted by Gasteiger charge is -2.11. The number of anilines is 2. The van der Waals surface area contributed by atoms with Crippen molar-refractivity contribution < 1.29 is 0 Å². The molecule has 0 saturated heterocycles. The topological polar surface area (TPSA) is 62.7 Å². The van der Waals surface area contributed by atoms with Crippen molar-refractivity contribution in [2.24, 2.45) is 0 Å². The summed E-state index contributed by atoms with van der Waals surface area (Å²) in [6, 6.07) is 18.0. The average molecular weight is 333 g/mol. The molecule has 2 heterocycles. The molecule has 5 nitrogen and oxygen atoms in total. The molecule has 0 atom stereocenters. The Balaban J connectivity index is 1.81. The molecule has 0 fully saturated rings. The Bertz CT molecular complexity index is 775. The number of aromatic nitrogens is 3. The molecule has 2 N–H and O–H groups in total. The fraction of sp³-hybridized carbons (Fsp3) is 0.250. The molecule has 3 aromatic rings. The van der Waals surface area contributed by atoms with Crippen LogP contribution in [0.4, 0.5) is 11.8 Å². The molecule has 25 heavy (non-hydrogen) atoms. The van der Waals surface area contributed by atoms with E-state index in [1.165, 1.54) is 0 Å². The van der Waals surface area contributed by atoms with Gasteiger partial charge in [0.15, 0.2) is 0 Å². The summed E-state index contributed by atoms with van der Waals surface area (Å²) in [5, 5.41) is 6.66. The van der Waals surface area contributed by atoms with Crippen LogP contribution in [0.1, 0.15) is 25.5 Å². The van der Waals surface area contributed by atoms with Crippen molar-refractivity contribution in [3.8, 4) is 11.3 Å². The van der Waals surface area contributed by atoms with Crippen LogP contribution in [0.2, 0.25) is 0 Å². The lowest BCUT2D eigenvalue weighted by molar-refractivity contribution is 0.830. The second-order valence-electron chi connectivity index (χ2n) is 5.78. The number of pyridine rings is 1. The zero-order valence-corrected chi connectivity index (χ0v) is 14.4. The van der Waals surface area contributed by atoms with E-state index < -0.39 is 0 Å². The van der Waals surface area contributed by atoms with Crippen molar-refractivity contribution in [2.45, 2.75) is 26.3 Å². The van der Waals surface area contributed by atoms with Gasteiger partial charge in [0.05, 0.1) is 17.9 Å². The van der Waals surface area contributed by atoms with E-state index in [0.717, 1.165) is 42.2 Å². The highest BCUT2D eigenvalue weighted by Gasteiger charge is 2.07. The molecule has 128 valence electrons. The minimum absolute atomic E-state index is 0.591. The van der Waals surface area contributed by atoms with E-state index in [-0.39, 0.29) is 0 Å². The third-order valence-electron chi connectivity index (χ3n) is 3.79. The zero-order valence-electron chi connectivity index (χ0n) is 14.4. The first kappa shape index (κ1) is 16.9. The highest BCUT2D eigenvalue weighted by atomic mass is 15.1. The largest absolute Gasteiger partial charge is 0.370 e. The Morgan fingerprint density at radius 3 is 2.52 bits per heavy atom. The lowest BCUT2D eigenvalue weighted by atomic mass is 10.1. The summed E-state index contributed by atoms with van der Waals surface area (Å²) < 4.78 is 0. The van der Waals surface area contributed by atoms with Gasteiger partial charge in [-0.15, -0.1) is 0 Å². The van der Waals surface area contributed by atoms with Crippen LogP contribution >= 0.6 is 0 Å². The molecule has 1 aromatic carbocycles. The Morgan fingerprint density at radius 1 is 0.920 bits per heavy atom. The SMILES string of the molecule is CCCCNc1cc(-c2ccccc2)nc(NCc2ccccn2)n1. The molecule has 0 aliphatic heterocycles. The molecule has 3 rings (SSSR count). The third-order valence-corrected chi connectivity index (χ3v) is 3.79. The number of nitrogens with zero attached hydrogens (tertiary/aromatic N) is 3. The number of hydrogen-bond acceptors (Lipinski definition) is 5. The predicted octanol–water partition coefficient (Wildman–Crippen LogP) is 4.36. The van der Waals surface area contributed by atoms with Crippen LogP contribution in [-0.2, 0) is 6.54 Å². The monoisotopic (exact) mass is 333 g/mol. The lowest BCUT2D eigenvalue weighted by Crippen LogP contribution is -2.09. The van der Waals surface area contributed by atoms with Gasteiger partial charge in [0.25, 0.3) is 0 Å². The first-order valence-electron chi connectivity index (χ1n) is 8.67. The highest BCUT2D eigenvalue weighted by molar-refractivity contribution is 5.64. The maximum atomic E-state index is 4.66. The standard InChI is InChI=1S/C20H23N5/c1-2-3-12-22-19-14-18(16-9-5-4-6-10-16)24-20(25-19)23-15-17-11-7-8-13-21-17/h4-11,13-14H,2-3,12,15H2,1H3,(H2,22,23,24,25). The summed E-state index contributed by atoms with van der Waals surface area (Å²) in [5.41, 5.74) is 2.93. The molecular weight excluding hydrogens is 310 g/mol. The van der Waals surface area contributed by atoms with E-state index in [2.05, 4.69) is 44.6 Å². The van der Waals surface area contributed by atoms with Crippen LogP contribution in [-0.4, -0.2) is 21.5 Å². The maximum absolute atomic E-state index is 4.66. The molecule has 0 spiro atoms. The number of benzene rings is 1. The molecule has 0 aliphatic carbocycles. The van der Waals surface area contributed by atoms with Crippen molar-refractivity contribution in [2.75, 3.05) is 17.2 Å². The van der Waals surface area contributed by atoms with Gasteiger partial charge in [0.1, 0.15) is 5.82 Å². The third kappa shape index (κ3) is 5.01.